The first-order valence-electron chi connectivity index (χ1n) is 7.16. The van der Waals surface area contributed by atoms with Crippen LogP contribution in [-0.4, -0.2) is 54.0 Å². The fraction of sp³-hybridized carbons (Fsp3) is 0.769. The number of nitrogens with two attached hydrogens (primary N) is 1. The molecule has 1 aliphatic heterocycles. The van der Waals surface area contributed by atoms with Gasteiger partial charge in [-0.25, -0.2) is 13.4 Å². The number of hydrogen-bond acceptors (Lipinski definition) is 5. The monoisotopic (exact) mass is 298 g/mol. The zero-order valence-corrected chi connectivity index (χ0v) is 12.6. The van der Waals surface area contributed by atoms with Gasteiger partial charge in [-0.1, -0.05) is 0 Å². The van der Waals surface area contributed by atoms with Crippen LogP contribution in [0, 0.1) is 0 Å². The van der Waals surface area contributed by atoms with Crippen molar-refractivity contribution in [1.29, 1.82) is 0 Å². The number of imidazole rings is 1. The molecule has 0 radical (unpaired) electrons. The van der Waals surface area contributed by atoms with Crippen molar-refractivity contribution in [2.24, 2.45) is 5.73 Å². The van der Waals surface area contributed by atoms with Crippen LogP contribution in [0.3, 0.4) is 0 Å². The molecule has 2 fully saturated rings. The topological polar surface area (TPSA) is 81.2 Å². The van der Waals surface area contributed by atoms with Gasteiger partial charge in [0, 0.05) is 24.8 Å². The van der Waals surface area contributed by atoms with Gasteiger partial charge < -0.3 is 10.3 Å². The second kappa shape index (κ2) is 5.13. The summed E-state index contributed by atoms with van der Waals surface area (Å²) in [7, 11) is -0.891. The number of nitrogens with zero attached hydrogens (tertiary/aromatic N) is 3. The lowest BCUT2D eigenvalue weighted by molar-refractivity contribution is 0.185. The Hall–Kier alpha value is -0.920. The van der Waals surface area contributed by atoms with Gasteiger partial charge in [0.05, 0.1) is 29.6 Å². The van der Waals surface area contributed by atoms with Crippen molar-refractivity contribution >= 4 is 9.84 Å². The Bertz CT molecular complexity index is 579. The number of sulfone groups is 1. The second-order valence-electron chi connectivity index (χ2n) is 5.93. The summed E-state index contributed by atoms with van der Waals surface area (Å²) in [6.07, 6.45) is 6.84. The van der Waals surface area contributed by atoms with Crippen molar-refractivity contribution in [2.45, 2.75) is 37.4 Å². The molecule has 2 unspecified atom stereocenters. The van der Waals surface area contributed by atoms with Gasteiger partial charge in [0.25, 0.3) is 0 Å². The van der Waals surface area contributed by atoms with E-state index in [4.69, 9.17) is 5.73 Å². The molecule has 1 saturated carbocycles. The summed E-state index contributed by atoms with van der Waals surface area (Å²) >= 11 is 0. The molecular formula is C13H22N4O2S. The van der Waals surface area contributed by atoms with Crippen LogP contribution >= 0.6 is 0 Å². The highest BCUT2D eigenvalue weighted by molar-refractivity contribution is 7.91. The Morgan fingerprint density at radius 1 is 1.50 bits per heavy atom. The lowest BCUT2D eigenvalue weighted by atomic mass is 10.1. The van der Waals surface area contributed by atoms with Crippen LogP contribution < -0.4 is 5.73 Å². The zero-order chi connectivity index (χ0) is 14.3. The molecule has 2 aliphatic rings. The van der Waals surface area contributed by atoms with Gasteiger partial charge in [0.2, 0.25) is 0 Å². The Labute approximate surface area is 119 Å². The van der Waals surface area contributed by atoms with E-state index in [1.807, 2.05) is 19.6 Å². The van der Waals surface area contributed by atoms with E-state index in [1.165, 1.54) is 12.8 Å². The van der Waals surface area contributed by atoms with Crippen LogP contribution in [0.4, 0.5) is 0 Å². The predicted octanol–water partition coefficient (Wildman–Crippen LogP) is 0.337. The normalized spacial score (nSPS) is 27.1. The van der Waals surface area contributed by atoms with E-state index in [1.54, 1.807) is 0 Å². The summed E-state index contributed by atoms with van der Waals surface area (Å²) in [5.74, 6) is 0.540. The van der Waals surface area contributed by atoms with E-state index in [0.29, 0.717) is 24.8 Å². The van der Waals surface area contributed by atoms with Gasteiger partial charge in [-0.3, -0.25) is 4.90 Å². The van der Waals surface area contributed by atoms with E-state index in [9.17, 15) is 8.42 Å². The molecule has 1 saturated heterocycles. The van der Waals surface area contributed by atoms with Crippen molar-refractivity contribution in [2.75, 3.05) is 25.1 Å². The predicted molar refractivity (Wildman–Crippen MR) is 77.1 cm³/mol. The standard InChI is InChI=1S/C13H22N4O2S/c1-16(11-4-5-20(18,19)8-11)12(6-14)13-7-15-9-17(13)10-2-3-10/h7,9-12H,2-6,8,14H2,1H3. The van der Waals surface area contributed by atoms with E-state index in [2.05, 4.69) is 14.5 Å². The SMILES string of the molecule is CN(C1CCS(=O)(=O)C1)C(CN)c1cncn1C1CC1. The van der Waals surface area contributed by atoms with Crippen LogP contribution in [0.1, 0.15) is 37.0 Å². The minimum absolute atomic E-state index is 0.0383. The lowest BCUT2D eigenvalue weighted by Gasteiger charge is -2.32. The molecule has 3 rings (SSSR count). The fourth-order valence-corrected chi connectivity index (χ4v) is 4.86. The molecule has 0 bridgehead atoms. The van der Waals surface area contributed by atoms with Crippen LogP contribution in [0.25, 0.3) is 0 Å². The third-order valence-electron chi connectivity index (χ3n) is 4.48. The third kappa shape index (κ3) is 2.62. The maximum Gasteiger partial charge on any atom is 0.151 e. The van der Waals surface area contributed by atoms with Gasteiger partial charge >= 0.3 is 0 Å². The van der Waals surface area contributed by atoms with Crippen LogP contribution in [0.15, 0.2) is 12.5 Å². The first-order chi connectivity index (χ1) is 9.52. The quantitative estimate of drug-likeness (QED) is 0.847. The van der Waals surface area contributed by atoms with Crippen LogP contribution in [-0.2, 0) is 9.84 Å². The molecule has 2 N–H and O–H groups in total. The maximum absolute atomic E-state index is 11.7. The molecule has 2 heterocycles. The van der Waals surface area contributed by atoms with E-state index in [0.717, 1.165) is 5.69 Å². The summed E-state index contributed by atoms with van der Waals surface area (Å²) in [5, 5.41) is 0. The molecule has 6 nitrogen and oxygen atoms in total. The van der Waals surface area contributed by atoms with Crippen LogP contribution in [0.5, 0.6) is 0 Å². The largest absolute Gasteiger partial charge is 0.330 e. The highest BCUT2D eigenvalue weighted by Gasteiger charge is 2.35. The van der Waals surface area contributed by atoms with Crippen molar-refractivity contribution in [3.63, 3.8) is 0 Å². The summed E-state index contributed by atoms with van der Waals surface area (Å²) in [4.78, 5) is 6.38. The molecule has 1 aromatic rings. The molecule has 20 heavy (non-hydrogen) atoms. The van der Waals surface area contributed by atoms with Gasteiger partial charge in [0.15, 0.2) is 9.84 Å². The summed E-state index contributed by atoms with van der Waals surface area (Å²) in [6, 6.07) is 0.662. The Balaban J connectivity index is 1.80. The first kappa shape index (κ1) is 14.0. The molecule has 2 atom stereocenters. The first-order valence-corrected chi connectivity index (χ1v) is 8.98. The lowest BCUT2D eigenvalue weighted by Crippen LogP contribution is -2.40. The second-order valence-corrected chi connectivity index (χ2v) is 8.16. The average molecular weight is 298 g/mol. The van der Waals surface area contributed by atoms with E-state index >= 15 is 0 Å². The highest BCUT2D eigenvalue weighted by atomic mass is 32.2. The molecule has 112 valence electrons. The maximum atomic E-state index is 11.7. The Morgan fingerprint density at radius 2 is 2.25 bits per heavy atom. The summed E-state index contributed by atoms with van der Waals surface area (Å²) in [6.45, 7) is 0.478. The Kier molecular flexibility index (Phi) is 3.60. The number of hydrogen-bond donors (Lipinski definition) is 1. The fourth-order valence-electron chi connectivity index (χ4n) is 3.08. The van der Waals surface area contributed by atoms with Crippen molar-refractivity contribution in [3.05, 3.63) is 18.2 Å². The average Bonchev–Trinajstić information content (AvgIpc) is 3.03. The molecular weight excluding hydrogens is 276 g/mol. The van der Waals surface area contributed by atoms with Gasteiger partial charge in [0.1, 0.15) is 0 Å². The van der Waals surface area contributed by atoms with Crippen molar-refractivity contribution in [1.82, 2.24) is 14.5 Å². The summed E-state index contributed by atoms with van der Waals surface area (Å²) < 4.78 is 25.5. The van der Waals surface area contributed by atoms with E-state index in [-0.39, 0.29) is 17.8 Å². The van der Waals surface area contributed by atoms with Crippen molar-refractivity contribution < 1.29 is 8.42 Å². The molecule has 1 aromatic heterocycles. The van der Waals surface area contributed by atoms with Gasteiger partial charge in [-0.2, -0.15) is 0 Å². The van der Waals surface area contributed by atoms with Crippen molar-refractivity contribution in [3.8, 4) is 0 Å². The van der Waals surface area contributed by atoms with Gasteiger partial charge in [-0.15, -0.1) is 0 Å². The minimum Gasteiger partial charge on any atom is -0.330 e. The molecule has 0 spiro atoms. The van der Waals surface area contributed by atoms with E-state index < -0.39 is 9.84 Å². The van der Waals surface area contributed by atoms with Gasteiger partial charge in [-0.05, 0) is 26.3 Å². The third-order valence-corrected chi connectivity index (χ3v) is 6.23. The van der Waals surface area contributed by atoms with Crippen LogP contribution in [0.2, 0.25) is 0 Å². The number of rotatable bonds is 5. The Morgan fingerprint density at radius 3 is 2.80 bits per heavy atom. The molecule has 0 amide bonds. The highest BCUT2D eigenvalue weighted by Crippen LogP contribution is 2.38. The zero-order valence-electron chi connectivity index (χ0n) is 11.8. The number of aromatic nitrogens is 2. The summed E-state index contributed by atoms with van der Waals surface area (Å²) in [5.41, 5.74) is 7.07. The minimum atomic E-state index is -2.87. The molecule has 1 aliphatic carbocycles. The molecule has 7 heteroatoms. The number of likely N-dealkylation sites (N-methyl/N-ethyl adjacent to an activating group) is 1. The molecule has 0 aromatic carbocycles. The smallest absolute Gasteiger partial charge is 0.151 e.